The van der Waals surface area contributed by atoms with Gasteiger partial charge in [0.15, 0.2) is 0 Å². The van der Waals surface area contributed by atoms with Crippen molar-refractivity contribution in [1.29, 1.82) is 0 Å². The summed E-state index contributed by atoms with van der Waals surface area (Å²) in [7, 11) is 0. The number of carbonyl (C=O) groups is 1. The van der Waals surface area contributed by atoms with Crippen LogP contribution in [0.3, 0.4) is 0 Å². The van der Waals surface area contributed by atoms with Crippen LogP contribution in [0.15, 0.2) is 24.3 Å². The van der Waals surface area contributed by atoms with Gasteiger partial charge in [0.05, 0.1) is 0 Å². The zero-order valence-electron chi connectivity index (χ0n) is 10.5. The molecule has 0 aliphatic heterocycles. The lowest BCUT2D eigenvalue weighted by Crippen LogP contribution is -2.38. The first-order valence-electron chi connectivity index (χ1n) is 5.79. The first kappa shape index (κ1) is 16.9. The molecule has 0 saturated carbocycles. The smallest absolute Gasteiger partial charge is 0.320 e. The second-order valence-corrected chi connectivity index (χ2v) is 4.12. The minimum atomic E-state index is -0.866. The second-order valence-electron chi connectivity index (χ2n) is 4.12. The van der Waals surface area contributed by atoms with Crippen LogP contribution < -0.4 is 5.32 Å². The van der Waals surface area contributed by atoms with Crippen molar-refractivity contribution in [2.75, 3.05) is 0 Å². The predicted molar refractivity (Wildman–Crippen MR) is 71.5 cm³/mol. The van der Waals surface area contributed by atoms with Crippen LogP contribution >= 0.6 is 12.4 Å². The molecule has 1 aromatic carbocycles. The molecule has 18 heavy (non-hydrogen) atoms. The molecular formula is C13H19ClFNO2. The van der Waals surface area contributed by atoms with Crippen LogP contribution in [-0.4, -0.2) is 17.1 Å². The van der Waals surface area contributed by atoms with E-state index in [0.29, 0.717) is 6.42 Å². The SMILES string of the molecule is CCCC(NC(C)c1cccc(F)c1)C(=O)O.Cl. The molecule has 1 rings (SSSR count). The summed E-state index contributed by atoms with van der Waals surface area (Å²) in [6.45, 7) is 3.77. The van der Waals surface area contributed by atoms with Gasteiger partial charge in [-0.05, 0) is 31.0 Å². The van der Waals surface area contributed by atoms with Crippen molar-refractivity contribution in [1.82, 2.24) is 5.32 Å². The van der Waals surface area contributed by atoms with E-state index in [1.807, 2.05) is 13.8 Å². The van der Waals surface area contributed by atoms with Crippen molar-refractivity contribution in [3.05, 3.63) is 35.6 Å². The van der Waals surface area contributed by atoms with E-state index in [4.69, 9.17) is 5.11 Å². The Labute approximate surface area is 113 Å². The number of hydrogen-bond donors (Lipinski definition) is 2. The highest BCUT2D eigenvalue weighted by atomic mass is 35.5. The van der Waals surface area contributed by atoms with Crippen LogP contribution in [0.4, 0.5) is 4.39 Å². The zero-order valence-corrected chi connectivity index (χ0v) is 11.3. The normalized spacial score (nSPS) is 13.5. The molecule has 0 amide bonds. The van der Waals surface area contributed by atoms with Gasteiger partial charge in [-0.3, -0.25) is 10.1 Å². The summed E-state index contributed by atoms with van der Waals surface area (Å²) in [4.78, 5) is 11.0. The number of nitrogens with one attached hydrogen (secondary N) is 1. The third kappa shape index (κ3) is 5.02. The van der Waals surface area contributed by atoms with Gasteiger partial charge >= 0.3 is 5.97 Å². The minimum Gasteiger partial charge on any atom is -0.480 e. The molecule has 0 bridgehead atoms. The van der Waals surface area contributed by atoms with Gasteiger partial charge in [-0.15, -0.1) is 12.4 Å². The number of carboxylic acids is 1. The Morgan fingerprint density at radius 1 is 1.50 bits per heavy atom. The monoisotopic (exact) mass is 275 g/mol. The van der Waals surface area contributed by atoms with Crippen molar-refractivity contribution in [3.63, 3.8) is 0 Å². The Morgan fingerprint density at radius 3 is 2.67 bits per heavy atom. The molecule has 0 spiro atoms. The molecule has 0 aliphatic rings. The summed E-state index contributed by atoms with van der Waals surface area (Å²) < 4.78 is 13.0. The van der Waals surface area contributed by atoms with E-state index in [2.05, 4.69) is 5.32 Å². The Balaban J connectivity index is 0.00000289. The fourth-order valence-electron chi connectivity index (χ4n) is 1.74. The highest BCUT2D eigenvalue weighted by molar-refractivity contribution is 5.85. The van der Waals surface area contributed by atoms with Crippen molar-refractivity contribution in [2.45, 2.75) is 38.8 Å². The Hall–Kier alpha value is -1.13. The van der Waals surface area contributed by atoms with Crippen LogP contribution in [0.1, 0.15) is 38.3 Å². The van der Waals surface area contributed by atoms with Crippen LogP contribution in [0.2, 0.25) is 0 Å². The highest BCUT2D eigenvalue weighted by Crippen LogP contribution is 2.15. The third-order valence-electron chi connectivity index (χ3n) is 2.68. The summed E-state index contributed by atoms with van der Waals surface area (Å²) >= 11 is 0. The number of halogens is 2. The lowest BCUT2D eigenvalue weighted by Gasteiger charge is -2.20. The quantitative estimate of drug-likeness (QED) is 0.838. The minimum absolute atomic E-state index is 0. The van der Waals surface area contributed by atoms with E-state index in [-0.39, 0.29) is 24.3 Å². The lowest BCUT2D eigenvalue weighted by atomic mass is 10.1. The number of aliphatic carboxylic acids is 1. The molecule has 0 aromatic heterocycles. The second kappa shape index (κ2) is 8.06. The van der Waals surface area contributed by atoms with Gasteiger partial charge in [0.1, 0.15) is 11.9 Å². The van der Waals surface area contributed by atoms with Crippen LogP contribution in [0.25, 0.3) is 0 Å². The first-order valence-corrected chi connectivity index (χ1v) is 5.79. The molecule has 102 valence electrons. The summed E-state index contributed by atoms with van der Waals surface area (Å²) in [5, 5.41) is 12.0. The standard InChI is InChI=1S/C13H18FNO2.ClH/c1-3-5-12(13(16)17)15-9(2)10-6-4-7-11(14)8-10;/h4,6-9,12,15H,3,5H2,1-2H3,(H,16,17);1H. The third-order valence-corrected chi connectivity index (χ3v) is 2.68. The average Bonchev–Trinajstić information content (AvgIpc) is 2.28. The largest absolute Gasteiger partial charge is 0.480 e. The van der Waals surface area contributed by atoms with Gasteiger partial charge in [-0.25, -0.2) is 4.39 Å². The van der Waals surface area contributed by atoms with Crippen molar-refractivity contribution in [3.8, 4) is 0 Å². The van der Waals surface area contributed by atoms with Gasteiger partial charge < -0.3 is 5.11 Å². The fourth-order valence-corrected chi connectivity index (χ4v) is 1.74. The molecule has 2 atom stereocenters. The number of hydrogen-bond acceptors (Lipinski definition) is 2. The molecule has 0 fully saturated rings. The summed E-state index contributed by atoms with van der Waals surface area (Å²) in [5.41, 5.74) is 0.757. The van der Waals surface area contributed by atoms with E-state index in [9.17, 15) is 9.18 Å². The Bertz CT molecular complexity index is 387. The van der Waals surface area contributed by atoms with Gasteiger partial charge in [0.2, 0.25) is 0 Å². The highest BCUT2D eigenvalue weighted by Gasteiger charge is 2.19. The maximum Gasteiger partial charge on any atom is 0.320 e. The van der Waals surface area contributed by atoms with E-state index >= 15 is 0 Å². The van der Waals surface area contributed by atoms with E-state index in [1.165, 1.54) is 12.1 Å². The van der Waals surface area contributed by atoms with Crippen molar-refractivity contribution in [2.24, 2.45) is 0 Å². The van der Waals surface area contributed by atoms with Crippen LogP contribution in [0.5, 0.6) is 0 Å². The molecule has 0 saturated heterocycles. The average molecular weight is 276 g/mol. The molecule has 5 heteroatoms. The lowest BCUT2D eigenvalue weighted by molar-refractivity contribution is -0.139. The van der Waals surface area contributed by atoms with E-state index < -0.39 is 12.0 Å². The van der Waals surface area contributed by atoms with Crippen molar-refractivity contribution >= 4 is 18.4 Å². The van der Waals surface area contributed by atoms with Gasteiger partial charge in [-0.2, -0.15) is 0 Å². The van der Waals surface area contributed by atoms with Crippen LogP contribution in [-0.2, 0) is 4.79 Å². The molecule has 1 aromatic rings. The predicted octanol–water partition coefficient (Wildman–Crippen LogP) is 3.15. The summed E-state index contributed by atoms with van der Waals surface area (Å²) in [6.07, 6.45) is 1.36. The molecule has 3 nitrogen and oxygen atoms in total. The Morgan fingerprint density at radius 2 is 2.17 bits per heavy atom. The topological polar surface area (TPSA) is 49.3 Å². The molecular weight excluding hydrogens is 257 g/mol. The summed E-state index contributed by atoms with van der Waals surface area (Å²) in [6, 6.07) is 5.43. The van der Waals surface area contributed by atoms with Crippen LogP contribution in [0, 0.1) is 5.82 Å². The molecule has 0 aliphatic carbocycles. The maximum absolute atomic E-state index is 13.0. The van der Waals surface area contributed by atoms with E-state index in [0.717, 1.165) is 12.0 Å². The number of rotatable bonds is 6. The van der Waals surface area contributed by atoms with Crippen molar-refractivity contribution < 1.29 is 14.3 Å². The van der Waals surface area contributed by atoms with E-state index in [1.54, 1.807) is 12.1 Å². The fraction of sp³-hybridized carbons (Fsp3) is 0.462. The summed E-state index contributed by atoms with van der Waals surface area (Å²) in [5.74, 6) is -1.17. The number of carboxylic acid groups (broad SMARTS) is 1. The van der Waals surface area contributed by atoms with Gasteiger partial charge in [0.25, 0.3) is 0 Å². The molecule has 0 radical (unpaired) electrons. The van der Waals surface area contributed by atoms with Gasteiger partial charge in [-0.1, -0.05) is 25.5 Å². The molecule has 0 heterocycles. The maximum atomic E-state index is 13.0. The molecule has 2 N–H and O–H groups in total. The Kier molecular flexibility index (Phi) is 7.55. The van der Waals surface area contributed by atoms with Gasteiger partial charge in [0, 0.05) is 6.04 Å². The first-order chi connectivity index (χ1) is 8.04. The molecule has 2 unspecified atom stereocenters. The number of benzene rings is 1. The zero-order chi connectivity index (χ0) is 12.8.